The lowest BCUT2D eigenvalue weighted by Gasteiger charge is -2.45. The first-order valence-corrected chi connectivity index (χ1v) is 8.85. The zero-order valence-corrected chi connectivity index (χ0v) is 15.5. The molecule has 1 aromatic carbocycles. The van der Waals surface area contributed by atoms with E-state index >= 15 is 0 Å². The summed E-state index contributed by atoms with van der Waals surface area (Å²) in [6.07, 6.45) is 1.19. The van der Waals surface area contributed by atoms with Crippen LogP contribution in [0, 0.1) is 0 Å². The summed E-state index contributed by atoms with van der Waals surface area (Å²) in [7, 11) is 0. The number of carbonyl (C=O) groups is 1. The third-order valence-electron chi connectivity index (χ3n) is 4.47. The Hall–Kier alpha value is -1.18. The Labute approximate surface area is 149 Å². The van der Waals surface area contributed by atoms with E-state index in [0.29, 0.717) is 30.5 Å². The molecule has 23 heavy (non-hydrogen) atoms. The summed E-state index contributed by atoms with van der Waals surface area (Å²) < 4.78 is 12.8. The molecule has 2 aliphatic heterocycles. The average molecular weight is 399 g/mol. The van der Waals surface area contributed by atoms with Gasteiger partial charge in [-0.2, -0.15) is 0 Å². The number of rotatable bonds is 4. The number of nitrogens with one attached hydrogen (secondary N) is 2. The van der Waals surface area contributed by atoms with Crippen molar-refractivity contribution in [3.05, 3.63) is 28.2 Å². The van der Waals surface area contributed by atoms with Gasteiger partial charge in [0.1, 0.15) is 11.4 Å². The molecule has 2 unspecified atom stereocenters. The highest BCUT2D eigenvalue weighted by Gasteiger charge is 2.56. The minimum absolute atomic E-state index is 0.139. The molecule has 124 valence electrons. The zero-order valence-electron chi connectivity index (χ0n) is 13.1. The van der Waals surface area contributed by atoms with Gasteiger partial charge < -0.3 is 20.1 Å². The number of thiocarbonyl (C=S) groups is 1. The quantitative estimate of drug-likeness (QED) is 0.763. The number of carbonyl (C=O) groups excluding carboxylic acids is 1. The van der Waals surface area contributed by atoms with E-state index in [2.05, 4.69) is 26.6 Å². The van der Waals surface area contributed by atoms with Gasteiger partial charge >= 0.3 is 0 Å². The smallest absolute Gasteiger partial charge is 0.256 e. The molecule has 2 atom stereocenters. The fourth-order valence-electron chi connectivity index (χ4n) is 3.25. The van der Waals surface area contributed by atoms with Gasteiger partial charge in [-0.05, 0) is 43.8 Å². The lowest BCUT2D eigenvalue weighted by molar-refractivity contribution is -0.130. The number of ether oxygens (including phenoxy) is 2. The van der Waals surface area contributed by atoms with Crippen molar-refractivity contribution < 1.29 is 14.3 Å². The van der Waals surface area contributed by atoms with E-state index in [1.165, 1.54) is 0 Å². The second-order valence-corrected chi connectivity index (χ2v) is 7.23. The second kappa shape index (κ2) is 6.03. The first kappa shape index (κ1) is 16.7. The van der Waals surface area contributed by atoms with Crippen LogP contribution in [0.1, 0.15) is 32.3 Å². The number of benzene rings is 1. The van der Waals surface area contributed by atoms with Gasteiger partial charge in [0.15, 0.2) is 10.7 Å². The number of fused-ring (bicyclic) bond motifs is 2. The summed E-state index contributed by atoms with van der Waals surface area (Å²) >= 11 is 8.65. The highest BCUT2D eigenvalue weighted by atomic mass is 79.9. The molecule has 1 spiro atoms. The predicted molar refractivity (Wildman–Crippen MR) is 94.5 cm³/mol. The van der Waals surface area contributed by atoms with Crippen molar-refractivity contribution in [1.29, 1.82) is 0 Å². The SMILES string of the molecule is CCOCC1(CC)CC2(NC(=S)NC2=O)c2cc(Br)ccc2O1. The normalized spacial score (nSPS) is 29.0. The maximum atomic E-state index is 12.7. The van der Waals surface area contributed by atoms with E-state index in [0.717, 1.165) is 16.5 Å². The van der Waals surface area contributed by atoms with Crippen LogP contribution in [0.15, 0.2) is 22.7 Å². The van der Waals surface area contributed by atoms with Crippen molar-refractivity contribution >= 4 is 39.2 Å². The fourth-order valence-corrected chi connectivity index (χ4v) is 3.87. The Morgan fingerprint density at radius 2 is 2.22 bits per heavy atom. The molecule has 1 aromatic rings. The lowest BCUT2D eigenvalue weighted by Crippen LogP contribution is -2.57. The molecule has 1 amide bonds. The van der Waals surface area contributed by atoms with Crippen LogP contribution in [0.25, 0.3) is 0 Å². The van der Waals surface area contributed by atoms with Gasteiger partial charge in [-0.3, -0.25) is 4.79 Å². The van der Waals surface area contributed by atoms with Crippen molar-refractivity contribution in [2.75, 3.05) is 13.2 Å². The van der Waals surface area contributed by atoms with Crippen molar-refractivity contribution in [3.63, 3.8) is 0 Å². The fraction of sp³-hybridized carbons (Fsp3) is 0.500. The molecule has 0 aromatic heterocycles. The van der Waals surface area contributed by atoms with E-state index in [4.69, 9.17) is 21.7 Å². The largest absolute Gasteiger partial charge is 0.484 e. The number of halogens is 1. The average Bonchev–Trinajstić information content (AvgIpc) is 2.80. The highest BCUT2D eigenvalue weighted by molar-refractivity contribution is 9.10. The van der Waals surface area contributed by atoms with Crippen LogP contribution in [0.2, 0.25) is 0 Å². The standard InChI is InChI=1S/C16H19BrN2O3S/c1-3-15(9-21-4-2)8-16(13(20)18-14(23)19-16)11-7-10(17)5-6-12(11)22-15/h5-7H,3-4,8-9H2,1-2H3,(H2,18,19,20,23). The molecule has 0 radical (unpaired) electrons. The molecular weight excluding hydrogens is 380 g/mol. The van der Waals surface area contributed by atoms with Gasteiger partial charge in [-0.1, -0.05) is 22.9 Å². The molecule has 7 heteroatoms. The Balaban J connectivity index is 2.12. The Kier molecular flexibility index (Phi) is 4.37. The van der Waals surface area contributed by atoms with Gasteiger partial charge in [-0.15, -0.1) is 0 Å². The summed E-state index contributed by atoms with van der Waals surface area (Å²) in [5, 5.41) is 6.26. The Morgan fingerprint density at radius 1 is 1.43 bits per heavy atom. The molecule has 2 aliphatic rings. The van der Waals surface area contributed by atoms with Gasteiger partial charge in [0.25, 0.3) is 5.91 Å². The molecule has 1 fully saturated rings. The molecule has 0 bridgehead atoms. The molecule has 3 rings (SSSR count). The maximum Gasteiger partial charge on any atom is 0.256 e. The van der Waals surface area contributed by atoms with Crippen LogP contribution in [-0.4, -0.2) is 29.8 Å². The predicted octanol–water partition coefficient (Wildman–Crippen LogP) is 2.62. The number of hydrogen-bond donors (Lipinski definition) is 2. The second-order valence-electron chi connectivity index (χ2n) is 5.91. The first-order valence-electron chi connectivity index (χ1n) is 7.65. The van der Waals surface area contributed by atoms with Gasteiger partial charge in [0, 0.05) is 23.1 Å². The third kappa shape index (κ3) is 2.75. The van der Waals surface area contributed by atoms with Gasteiger partial charge in [0.2, 0.25) is 0 Å². The Morgan fingerprint density at radius 3 is 2.83 bits per heavy atom. The van der Waals surface area contributed by atoms with Crippen LogP contribution < -0.4 is 15.4 Å². The zero-order chi connectivity index (χ0) is 16.7. The summed E-state index contributed by atoms with van der Waals surface area (Å²) in [4.78, 5) is 12.7. The molecule has 0 aliphatic carbocycles. The summed E-state index contributed by atoms with van der Waals surface area (Å²) in [5.74, 6) is 0.549. The van der Waals surface area contributed by atoms with Crippen LogP contribution in [0.3, 0.4) is 0 Å². The van der Waals surface area contributed by atoms with Crippen molar-refractivity contribution in [2.45, 2.75) is 37.8 Å². The van der Waals surface area contributed by atoms with Crippen molar-refractivity contribution in [1.82, 2.24) is 10.6 Å². The minimum atomic E-state index is -0.915. The van der Waals surface area contributed by atoms with Crippen LogP contribution >= 0.6 is 28.1 Å². The Bertz CT molecular complexity index is 669. The monoisotopic (exact) mass is 398 g/mol. The van der Waals surface area contributed by atoms with Gasteiger partial charge in [-0.25, -0.2) is 0 Å². The van der Waals surface area contributed by atoms with E-state index in [1.807, 2.05) is 32.0 Å². The van der Waals surface area contributed by atoms with Crippen LogP contribution in [0.4, 0.5) is 0 Å². The van der Waals surface area contributed by atoms with Crippen LogP contribution in [0.5, 0.6) is 5.75 Å². The third-order valence-corrected chi connectivity index (χ3v) is 5.17. The molecule has 1 saturated heterocycles. The van der Waals surface area contributed by atoms with Crippen molar-refractivity contribution in [2.24, 2.45) is 0 Å². The van der Waals surface area contributed by atoms with E-state index in [1.54, 1.807) is 0 Å². The maximum absolute atomic E-state index is 12.7. The van der Waals surface area contributed by atoms with E-state index in [9.17, 15) is 4.79 Å². The number of hydrogen-bond acceptors (Lipinski definition) is 4. The highest BCUT2D eigenvalue weighted by Crippen LogP contribution is 2.47. The van der Waals surface area contributed by atoms with E-state index in [-0.39, 0.29) is 5.91 Å². The summed E-state index contributed by atoms with van der Waals surface area (Å²) in [6.45, 7) is 5.02. The molecule has 2 N–H and O–H groups in total. The first-order chi connectivity index (χ1) is 10.9. The number of amides is 1. The minimum Gasteiger partial charge on any atom is -0.484 e. The van der Waals surface area contributed by atoms with Crippen LogP contribution in [-0.2, 0) is 15.1 Å². The van der Waals surface area contributed by atoms with Crippen molar-refractivity contribution in [3.8, 4) is 5.75 Å². The molecule has 0 saturated carbocycles. The molecule has 2 heterocycles. The lowest BCUT2D eigenvalue weighted by atomic mass is 9.75. The molecule has 5 nitrogen and oxygen atoms in total. The topological polar surface area (TPSA) is 59.6 Å². The molecular formula is C16H19BrN2O3S. The summed E-state index contributed by atoms with van der Waals surface area (Å²) in [6, 6.07) is 5.70. The summed E-state index contributed by atoms with van der Waals surface area (Å²) in [5.41, 5.74) is -0.687. The van der Waals surface area contributed by atoms with Gasteiger partial charge in [0.05, 0.1) is 6.61 Å². The van der Waals surface area contributed by atoms with E-state index < -0.39 is 11.1 Å².